The lowest BCUT2D eigenvalue weighted by atomic mass is 9.84. The second-order valence-corrected chi connectivity index (χ2v) is 11.0. The van der Waals surface area contributed by atoms with Crippen LogP contribution in [0.3, 0.4) is 0 Å². The van der Waals surface area contributed by atoms with Crippen molar-refractivity contribution in [2.45, 2.75) is 90.4 Å². The Kier molecular flexibility index (Phi) is 6.47. The van der Waals surface area contributed by atoms with E-state index >= 15 is 0 Å². The largest absolute Gasteiger partial charge is 0.366 e. The number of nitrogens with zero attached hydrogens (tertiary/aromatic N) is 5. The Morgan fingerprint density at radius 1 is 1.03 bits per heavy atom. The molecule has 1 aromatic heterocycles. The third-order valence-electron chi connectivity index (χ3n) is 8.68. The molecular formula is C28H39N5O2. The van der Waals surface area contributed by atoms with Crippen LogP contribution in [0.4, 0.5) is 10.5 Å². The summed E-state index contributed by atoms with van der Waals surface area (Å²) in [7, 11) is 0. The summed E-state index contributed by atoms with van der Waals surface area (Å²) in [6.07, 6.45) is 8.50. The molecule has 3 aliphatic heterocycles. The van der Waals surface area contributed by atoms with Gasteiger partial charge in [0, 0.05) is 56.1 Å². The average Bonchev–Trinajstić information content (AvgIpc) is 3.55. The van der Waals surface area contributed by atoms with Crippen molar-refractivity contribution in [3.05, 3.63) is 47.3 Å². The minimum atomic E-state index is -0.130. The number of carbonyl (C=O) groups excluding carboxylic acids is 2. The zero-order valence-electron chi connectivity index (χ0n) is 21.7. The standard InChI is InChI=1S/C28H39N5O2/c1-20-6-9-24(26(18-20)33-21(2)7-8-22(33)3)19-31-14-5-11-28(31)12-16-30(17-13-28)27(35)32-15-10-25(29-32)23(4)34/h6,9-10,15,18,21-22H,5,7-8,11-14,16-17,19H2,1-4H3/t21-,22-/m1/s1. The zero-order chi connectivity index (χ0) is 24.7. The molecule has 1 amide bonds. The van der Waals surface area contributed by atoms with E-state index in [0.29, 0.717) is 17.8 Å². The number of benzene rings is 1. The Morgan fingerprint density at radius 3 is 2.40 bits per heavy atom. The lowest BCUT2D eigenvalue weighted by Crippen LogP contribution is -2.53. The lowest BCUT2D eigenvalue weighted by molar-refractivity contribution is 0.0585. The van der Waals surface area contributed by atoms with Crippen LogP contribution < -0.4 is 4.90 Å². The van der Waals surface area contributed by atoms with Crippen molar-refractivity contribution in [2.75, 3.05) is 24.5 Å². The van der Waals surface area contributed by atoms with E-state index in [2.05, 4.69) is 53.9 Å². The lowest BCUT2D eigenvalue weighted by Gasteiger charge is -2.45. The molecule has 188 valence electrons. The Balaban J connectivity index is 1.30. The van der Waals surface area contributed by atoms with Crippen LogP contribution in [-0.2, 0) is 6.54 Å². The minimum Gasteiger partial charge on any atom is -0.366 e. The van der Waals surface area contributed by atoms with Crippen molar-refractivity contribution in [2.24, 2.45) is 0 Å². The molecule has 3 aliphatic rings. The normalized spacial score (nSPS) is 24.5. The van der Waals surface area contributed by atoms with Crippen molar-refractivity contribution in [1.82, 2.24) is 19.6 Å². The van der Waals surface area contributed by atoms with Gasteiger partial charge in [-0.3, -0.25) is 9.69 Å². The number of rotatable bonds is 4. The van der Waals surface area contributed by atoms with E-state index in [-0.39, 0.29) is 17.4 Å². The van der Waals surface area contributed by atoms with Gasteiger partial charge < -0.3 is 9.80 Å². The maximum Gasteiger partial charge on any atom is 0.344 e. The van der Waals surface area contributed by atoms with Crippen LogP contribution in [-0.4, -0.2) is 68.7 Å². The molecule has 4 heterocycles. The number of aryl methyl sites for hydroxylation is 1. The van der Waals surface area contributed by atoms with E-state index < -0.39 is 0 Å². The fourth-order valence-corrected chi connectivity index (χ4v) is 6.61. The molecule has 0 bridgehead atoms. The van der Waals surface area contributed by atoms with E-state index in [1.54, 1.807) is 12.3 Å². The summed E-state index contributed by atoms with van der Waals surface area (Å²) in [4.78, 5) is 31.8. The Labute approximate surface area is 209 Å². The Hall–Kier alpha value is -2.67. The maximum absolute atomic E-state index is 13.0. The van der Waals surface area contributed by atoms with Gasteiger partial charge in [-0.05, 0) is 89.1 Å². The number of piperidine rings is 1. The molecule has 1 spiro atoms. The van der Waals surface area contributed by atoms with Crippen molar-refractivity contribution in [3.63, 3.8) is 0 Å². The summed E-state index contributed by atoms with van der Waals surface area (Å²) in [5.74, 6) is -0.121. The molecule has 0 radical (unpaired) electrons. The van der Waals surface area contributed by atoms with Gasteiger partial charge in [0.25, 0.3) is 0 Å². The van der Waals surface area contributed by atoms with E-state index in [9.17, 15) is 9.59 Å². The minimum absolute atomic E-state index is 0.121. The summed E-state index contributed by atoms with van der Waals surface area (Å²) in [5, 5.41) is 4.17. The SMILES string of the molecule is CC(=O)c1ccn(C(=O)N2CCC3(CCCN3Cc3ccc(C)cc3N3[C@H](C)CC[C@H]3C)CC2)n1. The predicted octanol–water partition coefficient (Wildman–Crippen LogP) is 4.87. The van der Waals surface area contributed by atoms with Crippen molar-refractivity contribution >= 4 is 17.5 Å². The van der Waals surface area contributed by atoms with Crippen molar-refractivity contribution in [1.29, 1.82) is 0 Å². The van der Waals surface area contributed by atoms with Crippen LogP contribution in [0.25, 0.3) is 0 Å². The summed E-state index contributed by atoms with van der Waals surface area (Å²) in [6.45, 7) is 11.9. The van der Waals surface area contributed by atoms with E-state index in [0.717, 1.165) is 39.0 Å². The highest BCUT2D eigenvalue weighted by atomic mass is 16.2. The predicted molar refractivity (Wildman–Crippen MR) is 138 cm³/mol. The van der Waals surface area contributed by atoms with Crippen LogP contribution in [0, 0.1) is 6.92 Å². The molecule has 7 heteroatoms. The second-order valence-electron chi connectivity index (χ2n) is 11.0. The van der Waals surface area contributed by atoms with Crippen LogP contribution >= 0.6 is 0 Å². The van der Waals surface area contributed by atoms with E-state index in [4.69, 9.17) is 0 Å². The molecule has 5 rings (SSSR count). The van der Waals surface area contributed by atoms with Gasteiger partial charge in [-0.15, -0.1) is 0 Å². The topological polar surface area (TPSA) is 61.7 Å². The number of aromatic nitrogens is 2. The van der Waals surface area contributed by atoms with E-state index in [1.165, 1.54) is 54.1 Å². The van der Waals surface area contributed by atoms with E-state index in [1.807, 2.05) is 4.90 Å². The molecule has 7 nitrogen and oxygen atoms in total. The number of hydrogen-bond donors (Lipinski definition) is 0. The first-order chi connectivity index (χ1) is 16.8. The number of anilines is 1. The number of hydrogen-bond acceptors (Lipinski definition) is 5. The smallest absolute Gasteiger partial charge is 0.344 e. The first-order valence-electron chi connectivity index (χ1n) is 13.3. The molecule has 3 saturated heterocycles. The molecule has 2 atom stereocenters. The van der Waals surface area contributed by atoms with Gasteiger partial charge in [0.2, 0.25) is 0 Å². The first kappa shape index (κ1) is 24.0. The van der Waals surface area contributed by atoms with Gasteiger partial charge in [0.1, 0.15) is 5.69 Å². The molecule has 0 N–H and O–H groups in total. The van der Waals surface area contributed by atoms with Gasteiger partial charge in [0.05, 0.1) is 0 Å². The molecular weight excluding hydrogens is 438 g/mol. The summed E-state index contributed by atoms with van der Waals surface area (Å²) >= 11 is 0. The fourth-order valence-electron chi connectivity index (χ4n) is 6.61. The zero-order valence-corrected chi connectivity index (χ0v) is 21.7. The van der Waals surface area contributed by atoms with Gasteiger partial charge in [-0.25, -0.2) is 4.79 Å². The molecule has 35 heavy (non-hydrogen) atoms. The van der Waals surface area contributed by atoms with Crippen molar-refractivity contribution in [3.8, 4) is 0 Å². The number of Topliss-reactive ketones (excluding diaryl/α,β-unsaturated/α-hetero) is 1. The third-order valence-corrected chi connectivity index (χ3v) is 8.68. The molecule has 3 fully saturated rings. The average molecular weight is 478 g/mol. The highest BCUT2D eigenvalue weighted by Gasteiger charge is 2.44. The molecule has 0 aliphatic carbocycles. The monoisotopic (exact) mass is 477 g/mol. The molecule has 0 saturated carbocycles. The number of ketones is 1. The van der Waals surface area contributed by atoms with Gasteiger partial charge in [0.15, 0.2) is 5.78 Å². The first-order valence-corrected chi connectivity index (χ1v) is 13.3. The van der Waals surface area contributed by atoms with Crippen LogP contribution in [0.2, 0.25) is 0 Å². The number of likely N-dealkylation sites (tertiary alicyclic amines) is 2. The van der Waals surface area contributed by atoms with Gasteiger partial charge in [-0.2, -0.15) is 9.78 Å². The Morgan fingerprint density at radius 2 is 1.74 bits per heavy atom. The summed E-state index contributed by atoms with van der Waals surface area (Å²) in [6, 6.07) is 9.64. The number of amides is 1. The van der Waals surface area contributed by atoms with Gasteiger partial charge in [-0.1, -0.05) is 12.1 Å². The quantitative estimate of drug-likeness (QED) is 0.588. The molecule has 1 aromatic carbocycles. The van der Waals surface area contributed by atoms with Crippen molar-refractivity contribution < 1.29 is 9.59 Å². The maximum atomic E-state index is 13.0. The van der Waals surface area contributed by atoms with Crippen LogP contribution in [0.15, 0.2) is 30.5 Å². The summed E-state index contributed by atoms with van der Waals surface area (Å²) < 4.78 is 1.32. The van der Waals surface area contributed by atoms with Crippen LogP contribution in [0.1, 0.15) is 80.9 Å². The second kappa shape index (κ2) is 9.41. The molecule has 0 unspecified atom stereocenters. The van der Waals surface area contributed by atoms with Gasteiger partial charge >= 0.3 is 6.03 Å². The highest BCUT2D eigenvalue weighted by Crippen LogP contribution is 2.41. The summed E-state index contributed by atoms with van der Waals surface area (Å²) in [5.41, 5.74) is 4.67. The fraction of sp³-hybridized carbons (Fsp3) is 0.607. The highest BCUT2D eigenvalue weighted by molar-refractivity contribution is 5.92. The number of carbonyl (C=O) groups is 2. The Bertz CT molecular complexity index is 1090. The molecule has 2 aromatic rings. The van der Waals surface area contributed by atoms with Crippen LogP contribution in [0.5, 0.6) is 0 Å². The third kappa shape index (κ3) is 4.51.